The molecule has 1 saturated carbocycles. The van der Waals surface area contributed by atoms with Crippen molar-refractivity contribution in [1.29, 1.82) is 0 Å². The van der Waals surface area contributed by atoms with Crippen LogP contribution in [0.25, 0.3) is 0 Å². The van der Waals surface area contributed by atoms with Gasteiger partial charge in [-0.25, -0.2) is 0 Å². The quantitative estimate of drug-likeness (QED) is 0.789. The normalized spacial score (nSPS) is 24.9. The molecule has 1 aromatic carbocycles. The molecule has 3 heteroatoms. The van der Waals surface area contributed by atoms with Crippen molar-refractivity contribution in [2.45, 2.75) is 25.6 Å². The molecule has 3 nitrogen and oxygen atoms in total. The van der Waals surface area contributed by atoms with Crippen molar-refractivity contribution < 1.29 is 9.84 Å². The Morgan fingerprint density at radius 3 is 2.87 bits per heavy atom. The Morgan fingerprint density at radius 1 is 1.40 bits per heavy atom. The van der Waals surface area contributed by atoms with Crippen LogP contribution in [0, 0.1) is 5.92 Å². The lowest BCUT2D eigenvalue weighted by atomic mass is 9.82. The van der Waals surface area contributed by atoms with Crippen molar-refractivity contribution in [2.24, 2.45) is 11.7 Å². The number of phenols is 1. The van der Waals surface area contributed by atoms with Gasteiger partial charge in [0.1, 0.15) is 5.75 Å². The van der Waals surface area contributed by atoms with Crippen LogP contribution in [0.5, 0.6) is 5.75 Å². The van der Waals surface area contributed by atoms with Gasteiger partial charge in [0.25, 0.3) is 0 Å². The van der Waals surface area contributed by atoms with Crippen LogP contribution in [0.3, 0.4) is 0 Å². The van der Waals surface area contributed by atoms with Crippen LogP contribution < -0.4 is 5.73 Å². The standard InChI is InChI=1S/C12H17NO2/c13-7-10-5-12(6-10)15-8-9-2-1-3-11(14)4-9/h1-4,10,12,14H,5-8,13H2. The highest BCUT2D eigenvalue weighted by Crippen LogP contribution is 2.29. The summed E-state index contributed by atoms with van der Waals surface area (Å²) in [5.74, 6) is 0.948. The number of ether oxygens (including phenoxy) is 1. The Balaban J connectivity index is 1.75. The van der Waals surface area contributed by atoms with Crippen molar-refractivity contribution in [3.8, 4) is 5.75 Å². The van der Waals surface area contributed by atoms with E-state index in [1.165, 1.54) is 0 Å². The first-order valence-corrected chi connectivity index (χ1v) is 5.37. The third-order valence-electron chi connectivity index (χ3n) is 2.92. The van der Waals surface area contributed by atoms with Gasteiger partial charge in [0, 0.05) is 0 Å². The lowest BCUT2D eigenvalue weighted by molar-refractivity contribution is -0.0376. The van der Waals surface area contributed by atoms with Gasteiger partial charge in [0.2, 0.25) is 0 Å². The van der Waals surface area contributed by atoms with Gasteiger partial charge < -0.3 is 15.6 Å². The number of hydrogen-bond acceptors (Lipinski definition) is 3. The Hall–Kier alpha value is -1.06. The largest absolute Gasteiger partial charge is 0.508 e. The fourth-order valence-electron chi connectivity index (χ4n) is 1.86. The van der Waals surface area contributed by atoms with Gasteiger partial charge >= 0.3 is 0 Å². The second kappa shape index (κ2) is 4.64. The number of nitrogens with two attached hydrogens (primary N) is 1. The number of benzene rings is 1. The summed E-state index contributed by atoms with van der Waals surface area (Å²) >= 11 is 0. The third kappa shape index (κ3) is 2.70. The molecule has 0 amide bonds. The van der Waals surface area contributed by atoms with Crippen molar-refractivity contribution in [1.82, 2.24) is 0 Å². The fraction of sp³-hybridized carbons (Fsp3) is 0.500. The average molecular weight is 207 g/mol. The van der Waals surface area contributed by atoms with Crippen molar-refractivity contribution in [3.05, 3.63) is 29.8 Å². The molecule has 2 rings (SSSR count). The molecule has 1 aromatic rings. The first-order valence-electron chi connectivity index (χ1n) is 5.37. The van der Waals surface area contributed by atoms with E-state index in [1.807, 2.05) is 12.1 Å². The van der Waals surface area contributed by atoms with Gasteiger partial charge in [-0.15, -0.1) is 0 Å². The van der Waals surface area contributed by atoms with Crippen LogP contribution in [0.4, 0.5) is 0 Å². The first kappa shape index (κ1) is 10.5. The molecule has 0 atom stereocenters. The Kier molecular flexibility index (Phi) is 3.23. The van der Waals surface area contributed by atoms with E-state index in [-0.39, 0.29) is 0 Å². The van der Waals surface area contributed by atoms with Gasteiger partial charge in [0.15, 0.2) is 0 Å². The van der Waals surface area contributed by atoms with E-state index in [2.05, 4.69) is 0 Å². The molecule has 0 saturated heterocycles. The molecule has 0 radical (unpaired) electrons. The van der Waals surface area contributed by atoms with Crippen LogP contribution in [-0.4, -0.2) is 17.8 Å². The highest BCUT2D eigenvalue weighted by Gasteiger charge is 2.28. The number of hydrogen-bond donors (Lipinski definition) is 2. The van der Waals surface area contributed by atoms with Gasteiger partial charge in [-0.2, -0.15) is 0 Å². The molecule has 1 aliphatic carbocycles. The monoisotopic (exact) mass is 207 g/mol. The van der Waals surface area contributed by atoms with Gasteiger partial charge in [-0.3, -0.25) is 0 Å². The van der Waals surface area contributed by atoms with Crippen LogP contribution in [0.15, 0.2) is 24.3 Å². The predicted molar refractivity (Wildman–Crippen MR) is 58.5 cm³/mol. The molecule has 0 aliphatic heterocycles. The highest BCUT2D eigenvalue weighted by atomic mass is 16.5. The van der Waals surface area contributed by atoms with E-state index in [0.29, 0.717) is 24.4 Å². The highest BCUT2D eigenvalue weighted by molar-refractivity contribution is 5.26. The summed E-state index contributed by atoms with van der Waals surface area (Å²) in [4.78, 5) is 0. The number of rotatable bonds is 4. The minimum atomic E-state index is 0.296. The summed E-state index contributed by atoms with van der Waals surface area (Å²) in [6.07, 6.45) is 2.52. The Morgan fingerprint density at radius 2 is 2.20 bits per heavy atom. The molecule has 0 aromatic heterocycles. The smallest absolute Gasteiger partial charge is 0.115 e. The summed E-state index contributed by atoms with van der Waals surface area (Å²) in [5, 5.41) is 9.26. The summed E-state index contributed by atoms with van der Waals surface area (Å²) in [7, 11) is 0. The number of aromatic hydroxyl groups is 1. The predicted octanol–water partition coefficient (Wildman–Crippen LogP) is 1.65. The molecule has 1 fully saturated rings. The van der Waals surface area contributed by atoms with E-state index in [4.69, 9.17) is 10.5 Å². The zero-order chi connectivity index (χ0) is 10.7. The van der Waals surface area contributed by atoms with E-state index in [0.717, 1.165) is 24.9 Å². The van der Waals surface area contributed by atoms with E-state index < -0.39 is 0 Å². The fourth-order valence-corrected chi connectivity index (χ4v) is 1.86. The molecule has 1 aliphatic rings. The van der Waals surface area contributed by atoms with Crippen molar-refractivity contribution >= 4 is 0 Å². The lowest BCUT2D eigenvalue weighted by Gasteiger charge is -2.34. The molecule has 82 valence electrons. The molecular weight excluding hydrogens is 190 g/mol. The van der Waals surface area contributed by atoms with E-state index in [1.54, 1.807) is 12.1 Å². The first-order chi connectivity index (χ1) is 7.28. The molecule has 0 bridgehead atoms. The molecule has 3 N–H and O–H groups in total. The van der Waals surface area contributed by atoms with Crippen LogP contribution >= 0.6 is 0 Å². The third-order valence-corrected chi connectivity index (χ3v) is 2.92. The molecular formula is C12H17NO2. The minimum Gasteiger partial charge on any atom is -0.508 e. The minimum absolute atomic E-state index is 0.296. The SMILES string of the molecule is NCC1CC(OCc2cccc(O)c2)C1. The van der Waals surface area contributed by atoms with Crippen molar-refractivity contribution in [2.75, 3.05) is 6.54 Å². The van der Waals surface area contributed by atoms with E-state index in [9.17, 15) is 5.11 Å². The zero-order valence-electron chi connectivity index (χ0n) is 8.73. The maximum absolute atomic E-state index is 9.26. The van der Waals surface area contributed by atoms with Crippen LogP contribution in [0.1, 0.15) is 18.4 Å². The molecule has 0 spiro atoms. The Bertz CT molecular complexity index is 321. The maximum Gasteiger partial charge on any atom is 0.115 e. The molecule has 15 heavy (non-hydrogen) atoms. The second-order valence-corrected chi connectivity index (χ2v) is 4.18. The summed E-state index contributed by atoms with van der Waals surface area (Å²) in [6.45, 7) is 1.35. The second-order valence-electron chi connectivity index (χ2n) is 4.18. The van der Waals surface area contributed by atoms with Gasteiger partial charge in [-0.1, -0.05) is 12.1 Å². The topological polar surface area (TPSA) is 55.5 Å². The van der Waals surface area contributed by atoms with Gasteiger partial charge in [-0.05, 0) is 43.0 Å². The maximum atomic E-state index is 9.26. The van der Waals surface area contributed by atoms with Crippen LogP contribution in [-0.2, 0) is 11.3 Å². The number of phenolic OH excluding ortho intramolecular Hbond substituents is 1. The molecule has 0 heterocycles. The summed E-state index contributed by atoms with van der Waals surface area (Å²) in [6, 6.07) is 7.19. The van der Waals surface area contributed by atoms with E-state index >= 15 is 0 Å². The Labute approximate surface area is 89.9 Å². The lowest BCUT2D eigenvalue weighted by Crippen LogP contribution is -2.35. The van der Waals surface area contributed by atoms with Gasteiger partial charge in [0.05, 0.1) is 12.7 Å². The summed E-state index contributed by atoms with van der Waals surface area (Å²) in [5.41, 5.74) is 6.55. The molecule has 0 unspecified atom stereocenters. The van der Waals surface area contributed by atoms with Crippen molar-refractivity contribution in [3.63, 3.8) is 0 Å². The van der Waals surface area contributed by atoms with Crippen LogP contribution in [0.2, 0.25) is 0 Å². The summed E-state index contributed by atoms with van der Waals surface area (Å²) < 4.78 is 5.68. The average Bonchev–Trinajstić information content (AvgIpc) is 2.16. The zero-order valence-corrected chi connectivity index (χ0v) is 8.73.